The largest absolute Gasteiger partial charge is 0.477 e. The highest BCUT2D eigenvalue weighted by atomic mass is 19.2. The number of carboxylic acid groups (broad SMARTS) is 1. The van der Waals surface area contributed by atoms with Crippen molar-refractivity contribution in [2.75, 3.05) is 0 Å². The van der Waals surface area contributed by atoms with Crippen molar-refractivity contribution in [1.29, 1.82) is 0 Å². The molecule has 15 heavy (non-hydrogen) atoms. The molecule has 0 amide bonds. The standard InChI is InChI=1S/C10H5F2NO2/c11-6-3-1-5-2-4-7(10(14)15)13-9(5)8(6)12/h1-4H,(H,14,15). The normalized spacial score (nSPS) is 10.5. The number of pyridine rings is 1. The number of carboxylic acids is 1. The Hall–Kier alpha value is -2.04. The number of hydrogen-bond acceptors (Lipinski definition) is 2. The summed E-state index contributed by atoms with van der Waals surface area (Å²) in [6, 6.07) is 4.93. The lowest BCUT2D eigenvalue weighted by molar-refractivity contribution is 0.0691. The number of carbonyl (C=O) groups is 1. The van der Waals surface area contributed by atoms with Gasteiger partial charge in [0.2, 0.25) is 0 Å². The van der Waals surface area contributed by atoms with Gasteiger partial charge in [0.15, 0.2) is 11.6 Å². The molecular formula is C10H5F2NO2. The minimum atomic E-state index is -1.28. The number of nitrogens with zero attached hydrogens (tertiary/aromatic N) is 1. The van der Waals surface area contributed by atoms with Crippen LogP contribution in [0.25, 0.3) is 10.9 Å². The van der Waals surface area contributed by atoms with Crippen LogP contribution in [0.5, 0.6) is 0 Å². The molecule has 2 aromatic rings. The van der Waals surface area contributed by atoms with Crippen LogP contribution in [0.15, 0.2) is 24.3 Å². The molecule has 0 saturated heterocycles. The predicted molar refractivity (Wildman–Crippen MR) is 48.6 cm³/mol. The zero-order valence-electron chi connectivity index (χ0n) is 7.37. The molecule has 3 nitrogen and oxygen atoms in total. The summed E-state index contributed by atoms with van der Waals surface area (Å²) in [7, 11) is 0. The van der Waals surface area contributed by atoms with Crippen LogP contribution in [-0.4, -0.2) is 16.1 Å². The average molecular weight is 209 g/mol. The summed E-state index contributed by atoms with van der Waals surface area (Å²) in [4.78, 5) is 14.1. The zero-order chi connectivity index (χ0) is 11.0. The van der Waals surface area contributed by atoms with Gasteiger partial charge in [0.05, 0.1) is 0 Å². The SMILES string of the molecule is O=C(O)c1ccc2ccc(F)c(F)c2n1. The molecule has 0 radical (unpaired) electrons. The Morgan fingerprint density at radius 1 is 1.20 bits per heavy atom. The summed E-state index contributed by atoms with van der Waals surface area (Å²) in [5, 5.41) is 8.99. The van der Waals surface area contributed by atoms with Crippen LogP contribution in [0.2, 0.25) is 0 Å². The van der Waals surface area contributed by atoms with Crippen molar-refractivity contribution < 1.29 is 18.7 Å². The number of benzene rings is 1. The first-order valence-electron chi connectivity index (χ1n) is 4.07. The van der Waals surface area contributed by atoms with Gasteiger partial charge in [-0.2, -0.15) is 0 Å². The predicted octanol–water partition coefficient (Wildman–Crippen LogP) is 2.21. The van der Waals surface area contributed by atoms with Crippen molar-refractivity contribution in [2.45, 2.75) is 0 Å². The van der Waals surface area contributed by atoms with E-state index in [0.717, 1.165) is 6.07 Å². The molecule has 1 heterocycles. The van der Waals surface area contributed by atoms with Crippen molar-refractivity contribution in [3.05, 3.63) is 41.6 Å². The fourth-order valence-electron chi connectivity index (χ4n) is 1.25. The van der Waals surface area contributed by atoms with E-state index in [4.69, 9.17) is 5.11 Å². The molecule has 0 unspecified atom stereocenters. The van der Waals surface area contributed by atoms with Crippen LogP contribution in [0, 0.1) is 11.6 Å². The van der Waals surface area contributed by atoms with E-state index >= 15 is 0 Å². The first-order chi connectivity index (χ1) is 7.09. The van der Waals surface area contributed by atoms with E-state index in [1.165, 1.54) is 18.2 Å². The number of aromatic nitrogens is 1. The van der Waals surface area contributed by atoms with Gasteiger partial charge in [-0.25, -0.2) is 18.6 Å². The van der Waals surface area contributed by atoms with Crippen LogP contribution in [0.1, 0.15) is 10.5 Å². The molecular weight excluding hydrogens is 204 g/mol. The van der Waals surface area contributed by atoms with E-state index in [-0.39, 0.29) is 11.2 Å². The molecule has 0 atom stereocenters. The summed E-state index contributed by atoms with van der Waals surface area (Å²) >= 11 is 0. The molecule has 2 rings (SSSR count). The molecule has 5 heteroatoms. The van der Waals surface area contributed by atoms with Gasteiger partial charge in [0.1, 0.15) is 11.2 Å². The smallest absolute Gasteiger partial charge is 0.354 e. The van der Waals surface area contributed by atoms with Gasteiger partial charge in [-0.05, 0) is 18.2 Å². The average Bonchev–Trinajstić information content (AvgIpc) is 2.23. The summed E-state index contributed by atoms with van der Waals surface area (Å²) in [5.41, 5.74) is -0.582. The van der Waals surface area contributed by atoms with E-state index < -0.39 is 17.6 Å². The number of halogens is 2. The fraction of sp³-hybridized carbons (Fsp3) is 0. The molecule has 0 aliphatic heterocycles. The van der Waals surface area contributed by atoms with Gasteiger partial charge in [-0.1, -0.05) is 6.07 Å². The van der Waals surface area contributed by atoms with Crippen LogP contribution >= 0.6 is 0 Å². The second kappa shape index (κ2) is 3.27. The van der Waals surface area contributed by atoms with E-state index in [1.807, 2.05) is 0 Å². The lowest BCUT2D eigenvalue weighted by Crippen LogP contribution is -2.01. The second-order valence-corrected chi connectivity index (χ2v) is 2.93. The minimum absolute atomic E-state index is 0.269. The maximum Gasteiger partial charge on any atom is 0.354 e. The van der Waals surface area contributed by atoms with Crippen LogP contribution in [0.3, 0.4) is 0 Å². The molecule has 0 spiro atoms. The number of rotatable bonds is 1. The lowest BCUT2D eigenvalue weighted by atomic mass is 10.2. The fourth-order valence-corrected chi connectivity index (χ4v) is 1.25. The number of hydrogen-bond donors (Lipinski definition) is 1. The third-order valence-corrected chi connectivity index (χ3v) is 1.97. The van der Waals surface area contributed by atoms with E-state index in [0.29, 0.717) is 5.39 Å². The minimum Gasteiger partial charge on any atom is -0.477 e. The van der Waals surface area contributed by atoms with Gasteiger partial charge in [-0.15, -0.1) is 0 Å². The van der Waals surface area contributed by atoms with Gasteiger partial charge < -0.3 is 5.11 Å². The Labute approximate surface area is 83.0 Å². The Kier molecular flexibility index (Phi) is 2.07. The highest BCUT2D eigenvalue weighted by molar-refractivity contribution is 5.89. The summed E-state index contributed by atoms with van der Waals surface area (Å²) in [6.07, 6.45) is 0. The molecule has 1 N–H and O–H groups in total. The van der Waals surface area contributed by atoms with E-state index in [2.05, 4.69) is 4.98 Å². The monoisotopic (exact) mass is 209 g/mol. The highest BCUT2D eigenvalue weighted by Crippen LogP contribution is 2.18. The second-order valence-electron chi connectivity index (χ2n) is 2.93. The summed E-state index contributed by atoms with van der Waals surface area (Å²) in [5.74, 6) is -3.45. The molecule has 0 saturated carbocycles. The van der Waals surface area contributed by atoms with E-state index in [9.17, 15) is 13.6 Å². The molecule has 1 aromatic carbocycles. The quantitative estimate of drug-likeness (QED) is 0.783. The van der Waals surface area contributed by atoms with Crippen LogP contribution < -0.4 is 0 Å². The number of aromatic carboxylic acids is 1. The zero-order valence-corrected chi connectivity index (χ0v) is 7.37. The first kappa shape index (κ1) is 9.51. The van der Waals surface area contributed by atoms with Crippen molar-refractivity contribution in [2.24, 2.45) is 0 Å². The van der Waals surface area contributed by atoms with Crippen LogP contribution in [-0.2, 0) is 0 Å². The number of fused-ring (bicyclic) bond motifs is 1. The lowest BCUT2D eigenvalue weighted by Gasteiger charge is -2.00. The Bertz CT molecular complexity index is 554. The Morgan fingerprint density at radius 3 is 2.53 bits per heavy atom. The Balaban J connectivity index is 2.79. The van der Waals surface area contributed by atoms with Crippen molar-refractivity contribution >= 4 is 16.9 Å². The molecule has 0 aliphatic carbocycles. The molecule has 76 valence electrons. The highest BCUT2D eigenvalue weighted by Gasteiger charge is 2.11. The maximum atomic E-state index is 13.2. The van der Waals surface area contributed by atoms with Crippen molar-refractivity contribution in [3.8, 4) is 0 Å². The molecule has 0 fully saturated rings. The van der Waals surface area contributed by atoms with Crippen molar-refractivity contribution in [3.63, 3.8) is 0 Å². The van der Waals surface area contributed by atoms with Crippen LogP contribution in [0.4, 0.5) is 8.78 Å². The third kappa shape index (κ3) is 1.52. The topological polar surface area (TPSA) is 50.2 Å². The van der Waals surface area contributed by atoms with Gasteiger partial charge >= 0.3 is 5.97 Å². The Morgan fingerprint density at radius 2 is 1.87 bits per heavy atom. The van der Waals surface area contributed by atoms with Crippen molar-refractivity contribution in [1.82, 2.24) is 4.98 Å². The molecule has 0 bridgehead atoms. The van der Waals surface area contributed by atoms with Gasteiger partial charge in [-0.3, -0.25) is 0 Å². The van der Waals surface area contributed by atoms with Gasteiger partial charge in [0, 0.05) is 5.39 Å². The maximum absolute atomic E-state index is 13.2. The summed E-state index contributed by atoms with van der Waals surface area (Å²) in [6.45, 7) is 0. The van der Waals surface area contributed by atoms with Gasteiger partial charge in [0.25, 0.3) is 0 Å². The third-order valence-electron chi connectivity index (χ3n) is 1.97. The molecule has 0 aliphatic rings. The van der Waals surface area contributed by atoms with E-state index in [1.54, 1.807) is 0 Å². The summed E-state index contributed by atoms with van der Waals surface area (Å²) < 4.78 is 26.0. The first-order valence-corrected chi connectivity index (χ1v) is 4.07. The molecule has 1 aromatic heterocycles.